The molecule has 4 nitrogen and oxygen atoms in total. The summed E-state index contributed by atoms with van der Waals surface area (Å²) in [4.78, 5) is 2.32. The SMILES string of the molecule is COc1ccc(-n2ccc([C@@H]3OCCN3c3cccc(C)c3)c2)cc1. The van der Waals surface area contributed by atoms with Crippen LogP contribution >= 0.6 is 0 Å². The van der Waals surface area contributed by atoms with E-state index in [0.717, 1.165) is 30.2 Å². The molecule has 0 aliphatic carbocycles. The predicted molar refractivity (Wildman–Crippen MR) is 99.5 cm³/mol. The summed E-state index contributed by atoms with van der Waals surface area (Å²) in [6, 6.07) is 18.8. The van der Waals surface area contributed by atoms with Crippen LogP contribution in [0.2, 0.25) is 0 Å². The summed E-state index contributed by atoms with van der Waals surface area (Å²) in [6.07, 6.45) is 4.18. The zero-order valence-corrected chi connectivity index (χ0v) is 14.6. The number of aryl methyl sites for hydroxylation is 1. The van der Waals surface area contributed by atoms with Crippen molar-refractivity contribution in [2.75, 3.05) is 25.2 Å². The number of ether oxygens (including phenoxy) is 2. The number of rotatable bonds is 4. The number of nitrogens with zero attached hydrogens (tertiary/aromatic N) is 2. The first-order valence-corrected chi connectivity index (χ1v) is 8.52. The highest BCUT2D eigenvalue weighted by molar-refractivity contribution is 5.51. The van der Waals surface area contributed by atoms with Crippen LogP contribution in [0.15, 0.2) is 67.0 Å². The molecule has 0 saturated carbocycles. The number of hydrogen-bond acceptors (Lipinski definition) is 3. The van der Waals surface area contributed by atoms with Crippen molar-refractivity contribution < 1.29 is 9.47 Å². The molecule has 1 aromatic heterocycles. The Morgan fingerprint density at radius 2 is 1.88 bits per heavy atom. The Morgan fingerprint density at radius 3 is 2.64 bits per heavy atom. The lowest BCUT2D eigenvalue weighted by atomic mass is 10.2. The first kappa shape index (κ1) is 15.8. The number of benzene rings is 2. The molecule has 0 N–H and O–H groups in total. The van der Waals surface area contributed by atoms with E-state index in [1.54, 1.807) is 7.11 Å². The van der Waals surface area contributed by atoms with Gasteiger partial charge in [0.05, 0.1) is 13.7 Å². The van der Waals surface area contributed by atoms with Gasteiger partial charge in [0.15, 0.2) is 6.23 Å². The van der Waals surface area contributed by atoms with Crippen molar-refractivity contribution in [2.45, 2.75) is 13.2 Å². The molecule has 1 aliphatic heterocycles. The molecular formula is C21H22N2O2. The first-order chi connectivity index (χ1) is 12.2. The molecule has 0 bridgehead atoms. The van der Waals surface area contributed by atoms with Gasteiger partial charge in [0, 0.05) is 35.9 Å². The fourth-order valence-electron chi connectivity index (χ4n) is 3.29. The minimum Gasteiger partial charge on any atom is -0.497 e. The van der Waals surface area contributed by atoms with Gasteiger partial charge in [0.25, 0.3) is 0 Å². The average molecular weight is 334 g/mol. The van der Waals surface area contributed by atoms with Crippen molar-refractivity contribution in [3.63, 3.8) is 0 Å². The van der Waals surface area contributed by atoms with Crippen LogP contribution in [0.1, 0.15) is 17.4 Å². The Labute approximate surface area is 148 Å². The largest absolute Gasteiger partial charge is 0.497 e. The standard InChI is InChI=1S/C21H22N2O2/c1-16-4-3-5-19(14-16)23-12-13-25-21(23)17-10-11-22(15-17)18-6-8-20(24-2)9-7-18/h3-11,14-15,21H,12-13H2,1-2H3/t21-/m0/s1. The summed E-state index contributed by atoms with van der Waals surface area (Å²) in [5, 5.41) is 0. The summed E-state index contributed by atoms with van der Waals surface area (Å²) in [6.45, 7) is 3.77. The maximum Gasteiger partial charge on any atom is 0.158 e. The lowest BCUT2D eigenvalue weighted by Gasteiger charge is -2.25. The van der Waals surface area contributed by atoms with E-state index in [2.05, 4.69) is 71.2 Å². The smallest absolute Gasteiger partial charge is 0.158 e. The van der Waals surface area contributed by atoms with Gasteiger partial charge in [-0.3, -0.25) is 0 Å². The first-order valence-electron chi connectivity index (χ1n) is 8.52. The van der Waals surface area contributed by atoms with Crippen LogP contribution in [0.5, 0.6) is 5.75 Å². The second-order valence-corrected chi connectivity index (χ2v) is 6.31. The molecule has 2 heterocycles. The van der Waals surface area contributed by atoms with Crippen molar-refractivity contribution in [3.05, 3.63) is 78.1 Å². The molecule has 25 heavy (non-hydrogen) atoms. The predicted octanol–water partition coefficient (Wildman–Crippen LogP) is 4.33. The fraction of sp³-hybridized carbons (Fsp3) is 0.238. The maximum atomic E-state index is 6.02. The van der Waals surface area contributed by atoms with Crippen molar-refractivity contribution in [1.82, 2.24) is 4.57 Å². The zero-order valence-electron chi connectivity index (χ0n) is 14.6. The third-order valence-electron chi connectivity index (χ3n) is 4.60. The Bertz CT molecular complexity index is 854. The van der Waals surface area contributed by atoms with Gasteiger partial charge >= 0.3 is 0 Å². The monoisotopic (exact) mass is 334 g/mol. The van der Waals surface area contributed by atoms with Gasteiger partial charge in [-0.05, 0) is 55.0 Å². The van der Waals surface area contributed by atoms with E-state index >= 15 is 0 Å². The Kier molecular flexibility index (Phi) is 4.20. The Morgan fingerprint density at radius 1 is 1.04 bits per heavy atom. The molecule has 0 amide bonds. The minimum absolute atomic E-state index is 0.0405. The Hall–Kier alpha value is -2.72. The Balaban J connectivity index is 1.60. The summed E-state index contributed by atoms with van der Waals surface area (Å²) < 4.78 is 13.4. The van der Waals surface area contributed by atoms with Crippen molar-refractivity contribution >= 4 is 5.69 Å². The van der Waals surface area contributed by atoms with Crippen LogP contribution in [0.3, 0.4) is 0 Å². The highest BCUT2D eigenvalue weighted by Gasteiger charge is 2.27. The van der Waals surface area contributed by atoms with Crippen LogP contribution in [0.4, 0.5) is 5.69 Å². The molecule has 4 heteroatoms. The molecule has 1 aliphatic rings. The van der Waals surface area contributed by atoms with E-state index in [0.29, 0.717) is 0 Å². The molecule has 2 aromatic carbocycles. The van der Waals surface area contributed by atoms with Crippen molar-refractivity contribution in [3.8, 4) is 11.4 Å². The highest BCUT2D eigenvalue weighted by atomic mass is 16.5. The van der Waals surface area contributed by atoms with Gasteiger partial charge in [0.2, 0.25) is 0 Å². The summed E-state index contributed by atoms with van der Waals surface area (Å²) >= 11 is 0. The molecule has 1 atom stereocenters. The maximum absolute atomic E-state index is 6.02. The molecule has 3 aromatic rings. The van der Waals surface area contributed by atoms with Gasteiger partial charge in [-0.1, -0.05) is 12.1 Å². The highest BCUT2D eigenvalue weighted by Crippen LogP contribution is 2.33. The summed E-state index contributed by atoms with van der Waals surface area (Å²) in [5.41, 5.74) is 4.74. The topological polar surface area (TPSA) is 26.6 Å². The summed E-state index contributed by atoms with van der Waals surface area (Å²) in [5.74, 6) is 0.862. The van der Waals surface area contributed by atoms with Crippen LogP contribution < -0.4 is 9.64 Å². The lowest BCUT2D eigenvalue weighted by molar-refractivity contribution is 0.114. The van der Waals surface area contributed by atoms with Gasteiger partial charge in [-0.25, -0.2) is 0 Å². The van der Waals surface area contributed by atoms with E-state index in [4.69, 9.17) is 9.47 Å². The van der Waals surface area contributed by atoms with E-state index in [-0.39, 0.29) is 6.23 Å². The molecule has 1 saturated heterocycles. The third kappa shape index (κ3) is 3.13. The minimum atomic E-state index is -0.0405. The molecular weight excluding hydrogens is 312 g/mol. The third-order valence-corrected chi connectivity index (χ3v) is 4.60. The molecule has 4 rings (SSSR count). The van der Waals surface area contributed by atoms with Crippen LogP contribution in [-0.2, 0) is 4.74 Å². The zero-order chi connectivity index (χ0) is 17.2. The van der Waals surface area contributed by atoms with Crippen molar-refractivity contribution in [1.29, 1.82) is 0 Å². The van der Waals surface area contributed by atoms with Crippen molar-refractivity contribution in [2.24, 2.45) is 0 Å². The van der Waals surface area contributed by atoms with Crippen LogP contribution in [0.25, 0.3) is 5.69 Å². The number of anilines is 1. The molecule has 1 fully saturated rings. The van der Waals surface area contributed by atoms with Gasteiger partial charge in [0.1, 0.15) is 5.75 Å². The van der Waals surface area contributed by atoms with Gasteiger partial charge in [-0.2, -0.15) is 0 Å². The van der Waals surface area contributed by atoms with Crippen LogP contribution in [-0.4, -0.2) is 24.8 Å². The second-order valence-electron chi connectivity index (χ2n) is 6.31. The van der Waals surface area contributed by atoms with E-state index in [1.807, 2.05) is 12.1 Å². The molecule has 0 spiro atoms. The van der Waals surface area contributed by atoms with E-state index in [1.165, 1.54) is 11.3 Å². The molecule has 0 radical (unpaired) electrons. The fourth-order valence-corrected chi connectivity index (χ4v) is 3.29. The molecule has 0 unspecified atom stereocenters. The quantitative estimate of drug-likeness (QED) is 0.710. The number of hydrogen-bond donors (Lipinski definition) is 0. The van der Waals surface area contributed by atoms with E-state index in [9.17, 15) is 0 Å². The van der Waals surface area contributed by atoms with Gasteiger partial charge < -0.3 is 18.9 Å². The van der Waals surface area contributed by atoms with E-state index < -0.39 is 0 Å². The lowest BCUT2D eigenvalue weighted by Crippen LogP contribution is -2.23. The average Bonchev–Trinajstić information content (AvgIpc) is 3.31. The molecule has 128 valence electrons. The van der Waals surface area contributed by atoms with Crippen LogP contribution in [0, 0.1) is 6.92 Å². The number of aromatic nitrogens is 1. The van der Waals surface area contributed by atoms with Gasteiger partial charge in [-0.15, -0.1) is 0 Å². The second kappa shape index (κ2) is 6.65. The summed E-state index contributed by atoms with van der Waals surface area (Å²) in [7, 11) is 1.68. The normalized spacial score (nSPS) is 17.0. The number of methoxy groups -OCH3 is 1.